The molecule has 0 saturated carbocycles. The van der Waals surface area contributed by atoms with E-state index in [-0.39, 0.29) is 24.5 Å². The topological polar surface area (TPSA) is 117 Å². The lowest BCUT2D eigenvalue weighted by atomic mass is 9.70. The number of carbonyl (C=O) groups excluding carboxylic acids is 2. The Morgan fingerprint density at radius 2 is 1.76 bits per heavy atom. The van der Waals surface area contributed by atoms with Crippen molar-refractivity contribution in [3.8, 4) is 11.5 Å². The number of amides is 1. The number of carbonyl (C=O) groups is 2. The molecule has 1 atom stereocenters. The van der Waals surface area contributed by atoms with E-state index in [9.17, 15) is 19.8 Å². The molecule has 0 unspecified atom stereocenters. The van der Waals surface area contributed by atoms with Gasteiger partial charge in [-0.15, -0.1) is 0 Å². The summed E-state index contributed by atoms with van der Waals surface area (Å²) in [5.41, 5.74) is 4.82. The minimum absolute atomic E-state index is 0.0505. The molecular weight excluding hydrogens is 376 g/mol. The quantitative estimate of drug-likeness (QED) is 0.346. The summed E-state index contributed by atoms with van der Waals surface area (Å²) in [4.78, 5) is 25.0. The fraction of sp³-hybridized carbons (Fsp3) is 0.333. The van der Waals surface area contributed by atoms with Gasteiger partial charge in [-0.3, -0.25) is 5.43 Å². The van der Waals surface area contributed by atoms with Crippen LogP contribution >= 0.6 is 0 Å². The first kappa shape index (κ1) is 20.5. The Balaban J connectivity index is 1.80. The van der Waals surface area contributed by atoms with Crippen LogP contribution in [0.3, 0.4) is 0 Å². The van der Waals surface area contributed by atoms with Crippen LogP contribution in [0.2, 0.25) is 0 Å². The van der Waals surface area contributed by atoms with Crippen LogP contribution in [0.4, 0.5) is 4.79 Å². The van der Waals surface area contributed by atoms with Crippen LogP contribution < -0.4 is 10.9 Å². The number of rotatable bonds is 5. The van der Waals surface area contributed by atoms with Gasteiger partial charge < -0.3 is 19.7 Å². The Morgan fingerprint density at radius 3 is 2.41 bits per heavy atom. The molecule has 0 radical (unpaired) electrons. The smallest absolute Gasteiger partial charge is 0.422 e. The van der Waals surface area contributed by atoms with Gasteiger partial charge in [0.05, 0.1) is 0 Å². The van der Waals surface area contributed by atoms with E-state index in [1.54, 1.807) is 20.8 Å². The maximum Gasteiger partial charge on any atom is 0.422 e. The molecule has 1 aliphatic rings. The standard InChI is InChI=1S/C21H24N2O6/c1-20(2,3)29-19(27)22-23-21(11-14-9-16(24)17(25)10-15(14)21)18(26)28-12-13-7-5-4-6-8-13/h4-10,23-25H,11-12H2,1-3H3,(H,22,27)/t21-/m1/s1. The second kappa shape index (κ2) is 7.63. The van der Waals surface area contributed by atoms with Gasteiger partial charge in [-0.2, -0.15) is 0 Å². The Hall–Kier alpha value is -3.26. The largest absolute Gasteiger partial charge is 0.504 e. The van der Waals surface area contributed by atoms with Crippen molar-refractivity contribution in [1.82, 2.24) is 10.9 Å². The van der Waals surface area contributed by atoms with Crippen LogP contribution in [0, 0.1) is 0 Å². The molecular formula is C21H24N2O6. The SMILES string of the molecule is CC(C)(C)OC(=O)NN[C@]1(C(=O)OCc2ccccc2)Cc2cc(O)c(O)cc21. The molecule has 0 fully saturated rings. The first-order chi connectivity index (χ1) is 13.6. The number of nitrogens with one attached hydrogen (secondary N) is 2. The summed E-state index contributed by atoms with van der Waals surface area (Å²) < 4.78 is 10.6. The fourth-order valence-electron chi connectivity index (χ4n) is 3.09. The van der Waals surface area contributed by atoms with Gasteiger partial charge in [-0.05, 0) is 49.6 Å². The van der Waals surface area contributed by atoms with Gasteiger partial charge in [-0.25, -0.2) is 15.0 Å². The average molecular weight is 400 g/mol. The first-order valence-electron chi connectivity index (χ1n) is 9.13. The molecule has 0 spiro atoms. The number of ether oxygens (including phenoxy) is 2. The minimum atomic E-state index is -1.41. The summed E-state index contributed by atoms with van der Waals surface area (Å²) in [7, 11) is 0. The maximum absolute atomic E-state index is 13.0. The summed E-state index contributed by atoms with van der Waals surface area (Å²) in [5.74, 6) is -1.28. The van der Waals surface area contributed by atoms with Crippen molar-refractivity contribution in [3.05, 3.63) is 59.2 Å². The maximum atomic E-state index is 13.0. The number of hydrogen-bond donors (Lipinski definition) is 4. The highest BCUT2D eigenvalue weighted by Gasteiger charge is 2.52. The highest BCUT2D eigenvalue weighted by Crippen LogP contribution is 2.44. The van der Waals surface area contributed by atoms with Gasteiger partial charge in [0.15, 0.2) is 17.0 Å². The number of hydrogen-bond acceptors (Lipinski definition) is 7. The molecule has 0 bridgehead atoms. The van der Waals surface area contributed by atoms with Crippen LogP contribution in [0.5, 0.6) is 11.5 Å². The fourth-order valence-corrected chi connectivity index (χ4v) is 3.09. The van der Waals surface area contributed by atoms with Crippen molar-refractivity contribution in [2.75, 3.05) is 0 Å². The van der Waals surface area contributed by atoms with Gasteiger partial charge in [0.1, 0.15) is 12.2 Å². The highest BCUT2D eigenvalue weighted by molar-refractivity contribution is 5.87. The molecule has 2 aromatic rings. The second-order valence-corrected chi connectivity index (χ2v) is 7.89. The van der Waals surface area contributed by atoms with Crippen molar-refractivity contribution in [1.29, 1.82) is 0 Å². The summed E-state index contributed by atoms with van der Waals surface area (Å²) in [6.07, 6.45) is -0.608. The number of hydrazine groups is 1. The first-order valence-corrected chi connectivity index (χ1v) is 9.13. The lowest BCUT2D eigenvalue weighted by Crippen LogP contribution is -2.63. The minimum Gasteiger partial charge on any atom is -0.504 e. The summed E-state index contributed by atoms with van der Waals surface area (Å²) in [6.45, 7) is 5.21. The van der Waals surface area contributed by atoms with Gasteiger partial charge >= 0.3 is 12.1 Å². The summed E-state index contributed by atoms with van der Waals surface area (Å²) in [6, 6.07) is 11.8. The van der Waals surface area contributed by atoms with Crippen LogP contribution in [0.15, 0.2) is 42.5 Å². The lowest BCUT2D eigenvalue weighted by molar-refractivity contribution is -0.155. The van der Waals surface area contributed by atoms with Gasteiger partial charge in [0.2, 0.25) is 0 Å². The van der Waals surface area contributed by atoms with E-state index in [2.05, 4.69) is 10.9 Å². The van der Waals surface area contributed by atoms with Gasteiger partial charge in [-0.1, -0.05) is 30.3 Å². The third kappa shape index (κ3) is 4.43. The van der Waals surface area contributed by atoms with Crippen LogP contribution in [-0.4, -0.2) is 27.9 Å². The van der Waals surface area contributed by atoms with Crippen LogP contribution in [-0.2, 0) is 32.8 Å². The number of aromatic hydroxyl groups is 2. The van der Waals surface area contributed by atoms with Crippen LogP contribution in [0.1, 0.15) is 37.5 Å². The Bertz CT molecular complexity index is 923. The van der Waals surface area contributed by atoms with Crippen molar-refractivity contribution in [2.45, 2.75) is 44.9 Å². The number of esters is 1. The van der Waals surface area contributed by atoms with E-state index >= 15 is 0 Å². The van der Waals surface area contributed by atoms with Crippen molar-refractivity contribution < 1.29 is 29.3 Å². The Labute approximate surface area is 168 Å². The molecule has 154 valence electrons. The average Bonchev–Trinajstić information content (AvgIpc) is 2.64. The van der Waals surface area contributed by atoms with Crippen molar-refractivity contribution in [2.24, 2.45) is 0 Å². The molecule has 0 heterocycles. The van der Waals surface area contributed by atoms with E-state index in [0.29, 0.717) is 11.1 Å². The zero-order valence-corrected chi connectivity index (χ0v) is 16.5. The molecule has 2 aromatic carbocycles. The van der Waals surface area contributed by atoms with E-state index in [1.165, 1.54) is 12.1 Å². The zero-order valence-electron chi connectivity index (χ0n) is 16.5. The molecule has 8 heteroatoms. The van der Waals surface area contributed by atoms with Gasteiger partial charge in [0, 0.05) is 6.42 Å². The van der Waals surface area contributed by atoms with E-state index in [0.717, 1.165) is 5.56 Å². The number of benzene rings is 2. The Kier molecular flexibility index (Phi) is 5.39. The lowest BCUT2D eigenvalue weighted by Gasteiger charge is -2.42. The van der Waals surface area contributed by atoms with Crippen LogP contribution in [0.25, 0.3) is 0 Å². The van der Waals surface area contributed by atoms with Gasteiger partial charge in [0.25, 0.3) is 0 Å². The second-order valence-electron chi connectivity index (χ2n) is 7.89. The molecule has 1 amide bonds. The predicted octanol–water partition coefficient (Wildman–Crippen LogP) is 2.62. The normalized spacial score (nSPS) is 17.6. The predicted molar refractivity (Wildman–Crippen MR) is 104 cm³/mol. The number of fused-ring (bicyclic) bond motifs is 1. The molecule has 1 aliphatic carbocycles. The third-order valence-electron chi connectivity index (χ3n) is 4.45. The van der Waals surface area contributed by atoms with Crippen molar-refractivity contribution in [3.63, 3.8) is 0 Å². The van der Waals surface area contributed by atoms with E-state index < -0.39 is 23.2 Å². The van der Waals surface area contributed by atoms with E-state index in [1.807, 2.05) is 30.3 Å². The Morgan fingerprint density at radius 1 is 1.10 bits per heavy atom. The zero-order chi connectivity index (χ0) is 21.2. The van der Waals surface area contributed by atoms with Crippen molar-refractivity contribution >= 4 is 12.1 Å². The highest BCUT2D eigenvalue weighted by atomic mass is 16.6. The third-order valence-corrected chi connectivity index (χ3v) is 4.45. The molecule has 3 rings (SSSR count). The molecule has 0 aliphatic heterocycles. The molecule has 29 heavy (non-hydrogen) atoms. The molecule has 8 nitrogen and oxygen atoms in total. The number of phenolic OH excluding ortho intramolecular Hbond substituents is 2. The number of phenols is 2. The van der Waals surface area contributed by atoms with E-state index in [4.69, 9.17) is 9.47 Å². The molecule has 0 saturated heterocycles. The molecule has 4 N–H and O–H groups in total. The monoisotopic (exact) mass is 400 g/mol. The summed E-state index contributed by atoms with van der Waals surface area (Å²) in [5, 5.41) is 19.6. The molecule has 0 aromatic heterocycles. The summed E-state index contributed by atoms with van der Waals surface area (Å²) >= 11 is 0.